The summed E-state index contributed by atoms with van der Waals surface area (Å²) in [6, 6.07) is 10.3. The lowest BCUT2D eigenvalue weighted by atomic mass is 10.0. The Morgan fingerprint density at radius 1 is 1.15 bits per heavy atom. The average Bonchev–Trinajstić information content (AvgIpc) is 3.30. The van der Waals surface area contributed by atoms with E-state index in [4.69, 9.17) is 9.97 Å². The van der Waals surface area contributed by atoms with Gasteiger partial charge in [0.1, 0.15) is 11.6 Å². The van der Waals surface area contributed by atoms with Gasteiger partial charge in [0.25, 0.3) is 0 Å². The van der Waals surface area contributed by atoms with E-state index in [9.17, 15) is 14.4 Å². The van der Waals surface area contributed by atoms with Gasteiger partial charge >= 0.3 is 0 Å². The molecule has 33 heavy (non-hydrogen) atoms. The highest BCUT2D eigenvalue weighted by molar-refractivity contribution is 5.95. The third kappa shape index (κ3) is 5.38. The molecule has 2 aliphatic rings. The molecule has 1 aromatic heterocycles. The molecule has 0 bridgehead atoms. The molecule has 1 N–H and O–H groups in total. The van der Waals surface area contributed by atoms with Gasteiger partial charge < -0.3 is 10.2 Å². The van der Waals surface area contributed by atoms with Gasteiger partial charge in [-0.25, -0.2) is 9.97 Å². The highest BCUT2D eigenvalue weighted by Crippen LogP contribution is 2.32. The van der Waals surface area contributed by atoms with Gasteiger partial charge in [0.05, 0.1) is 6.54 Å². The van der Waals surface area contributed by atoms with Gasteiger partial charge in [-0.05, 0) is 38.2 Å². The van der Waals surface area contributed by atoms with Crippen molar-refractivity contribution in [1.82, 2.24) is 20.2 Å². The first-order valence-electron chi connectivity index (χ1n) is 11.7. The second-order valence-corrected chi connectivity index (χ2v) is 8.84. The van der Waals surface area contributed by atoms with Gasteiger partial charge in [-0.3, -0.25) is 19.3 Å². The number of benzene rings is 1. The van der Waals surface area contributed by atoms with E-state index in [-0.39, 0.29) is 30.2 Å². The van der Waals surface area contributed by atoms with Crippen molar-refractivity contribution in [3.63, 3.8) is 0 Å². The smallest absolute Gasteiger partial charge is 0.241 e. The molecule has 0 radical (unpaired) electrons. The fourth-order valence-electron chi connectivity index (χ4n) is 4.61. The molecule has 2 aromatic rings. The summed E-state index contributed by atoms with van der Waals surface area (Å²) in [6.07, 6.45) is 3.69. The van der Waals surface area contributed by atoms with Crippen molar-refractivity contribution in [2.24, 2.45) is 0 Å². The molecule has 3 amide bonds. The summed E-state index contributed by atoms with van der Waals surface area (Å²) in [7, 11) is 0. The van der Waals surface area contributed by atoms with Crippen LogP contribution in [0, 0.1) is 6.92 Å². The number of aryl methyl sites for hydroxylation is 2. The minimum Gasteiger partial charge on any atom is -0.347 e. The number of nitrogens with zero attached hydrogens (tertiary/aromatic N) is 4. The number of aromatic nitrogens is 2. The minimum atomic E-state index is -0.218. The first kappa shape index (κ1) is 22.9. The van der Waals surface area contributed by atoms with Crippen LogP contribution < -0.4 is 10.2 Å². The molecule has 0 saturated carbocycles. The summed E-state index contributed by atoms with van der Waals surface area (Å²) in [5.41, 5.74) is 3.23. The molecule has 0 unspecified atom stereocenters. The predicted molar refractivity (Wildman–Crippen MR) is 125 cm³/mol. The number of hydrogen-bond acceptors (Lipinski definition) is 5. The Labute approximate surface area is 194 Å². The molecule has 1 saturated heterocycles. The van der Waals surface area contributed by atoms with Gasteiger partial charge in [-0.15, -0.1) is 0 Å². The fourth-order valence-corrected chi connectivity index (χ4v) is 4.61. The lowest BCUT2D eigenvalue weighted by Gasteiger charge is -2.30. The standard InChI is InChI=1S/C25H31N5O3/c1-17-21-10-11-22(32)30(13-6-9-19-7-4-3-5-8-19)25(21)28-24(27-17)20-12-14-29(16-20)23(33)15-26-18(2)31/h3-5,7-8,20H,6,9-16H2,1-2H3,(H,26,31)/t20-/m0/s1. The summed E-state index contributed by atoms with van der Waals surface area (Å²) in [6.45, 7) is 5.16. The molecule has 1 atom stereocenters. The van der Waals surface area contributed by atoms with E-state index in [1.54, 1.807) is 4.90 Å². The Kier molecular flexibility index (Phi) is 7.01. The quantitative estimate of drug-likeness (QED) is 0.699. The molecule has 8 heteroatoms. The van der Waals surface area contributed by atoms with Gasteiger partial charge in [0.2, 0.25) is 17.7 Å². The van der Waals surface area contributed by atoms with Crippen molar-refractivity contribution in [3.05, 3.63) is 53.0 Å². The number of anilines is 1. The molecule has 0 aliphatic carbocycles. The largest absolute Gasteiger partial charge is 0.347 e. The molecule has 2 aliphatic heterocycles. The minimum absolute atomic E-state index is 0.00974. The Morgan fingerprint density at radius 2 is 1.94 bits per heavy atom. The third-order valence-corrected chi connectivity index (χ3v) is 6.44. The summed E-state index contributed by atoms with van der Waals surface area (Å²) in [5, 5.41) is 2.56. The molecule has 1 fully saturated rings. The lowest BCUT2D eigenvalue weighted by Crippen LogP contribution is -2.38. The van der Waals surface area contributed by atoms with Crippen molar-refractivity contribution in [1.29, 1.82) is 0 Å². The summed E-state index contributed by atoms with van der Waals surface area (Å²) in [4.78, 5) is 49.5. The van der Waals surface area contributed by atoms with Crippen LogP contribution in [0.2, 0.25) is 0 Å². The van der Waals surface area contributed by atoms with Gasteiger partial charge in [0.15, 0.2) is 0 Å². The average molecular weight is 450 g/mol. The van der Waals surface area contributed by atoms with Gasteiger partial charge in [0, 0.05) is 50.2 Å². The number of nitrogens with one attached hydrogen (secondary N) is 1. The molecule has 4 rings (SSSR count). The number of fused-ring (bicyclic) bond motifs is 1. The van der Waals surface area contributed by atoms with E-state index in [0.717, 1.165) is 36.3 Å². The summed E-state index contributed by atoms with van der Waals surface area (Å²) >= 11 is 0. The van der Waals surface area contributed by atoms with Crippen molar-refractivity contribution in [3.8, 4) is 0 Å². The number of carbonyl (C=O) groups excluding carboxylic acids is 3. The van der Waals surface area contributed by atoms with Crippen molar-refractivity contribution in [2.45, 2.75) is 51.9 Å². The molecular formula is C25H31N5O3. The first-order chi connectivity index (χ1) is 15.9. The summed E-state index contributed by atoms with van der Waals surface area (Å²) in [5.74, 6) is 1.26. The van der Waals surface area contributed by atoms with Crippen molar-refractivity contribution < 1.29 is 14.4 Å². The molecule has 8 nitrogen and oxygen atoms in total. The maximum absolute atomic E-state index is 12.8. The van der Waals surface area contributed by atoms with Crippen LogP contribution in [-0.2, 0) is 27.2 Å². The topological polar surface area (TPSA) is 95.5 Å². The van der Waals surface area contributed by atoms with Crippen LogP contribution in [0.15, 0.2) is 30.3 Å². The molecule has 174 valence electrons. The van der Waals surface area contributed by atoms with Crippen LogP contribution in [0.25, 0.3) is 0 Å². The maximum Gasteiger partial charge on any atom is 0.241 e. The number of hydrogen-bond donors (Lipinski definition) is 1. The Hall–Kier alpha value is -3.29. The van der Waals surface area contributed by atoms with Crippen LogP contribution >= 0.6 is 0 Å². The first-order valence-corrected chi connectivity index (χ1v) is 11.7. The Bertz CT molecular complexity index is 1040. The number of rotatable bonds is 7. The molecule has 3 heterocycles. The molecular weight excluding hydrogens is 418 g/mol. The maximum atomic E-state index is 12.8. The van der Waals surface area contributed by atoms with Crippen LogP contribution in [0.1, 0.15) is 54.7 Å². The Balaban J connectivity index is 1.47. The highest BCUT2D eigenvalue weighted by atomic mass is 16.2. The SMILES string of the molecule is CC(=O)NCC(=O)N1CC[C@H](c2nc(C)c3c(n2)N(CCCc2ccccc2)C(=O)CC3)C1. The van der Waals surface area contributed by atoms with Crippen LogP contribution in [0.5, 0.6) is 0 Å². The zero-order valence-corrected chi connectivity index (χ0v) is 19.3. The van der Waals surface area contributed by atoms with Gasteiger partial charge in [-0.2, -0.15) is 0 Å². The highest BCUT2D eigenvalue weighted by Gasteiger charge is 2.33. The number of likely N-dealkylation sites (tertiary alicyclic amines) is 1. The number of amides is 3. The van der Waals surface area contributed by atoms with E-state index in [1.807, 2.05) is 30.0 Å². The van der Waals surface area contributed by atoms with E-state index in [0.29, 0.717) is 38.3 Å². The molecule has 1 aromatic carbocycles. The lowest BCUT2D eigenvalue weighted by molar-refractivity contribution is -0.131. The normalized spacial score (nSPS) is 17.8. The fraction of sp³-hybridized carbons (Fsp3) is 0.480. The van der Waals surface area contributed by atoms with E-state index >= 15 is 0 Å². The summed E-state index contributed by atoms with van der Waals surface area (Å²) < 4.78 is 0. The zero-order valence-electron chi connectivity index (χ0n) is 19.3. The van der Waals surface area contributed by atoms with E-state index < -0.39 is 0 Å². The zero-order chi connectivity index (χ0) is 23.4. The number of carbonyl (C=O) groups is 3. The van der Waals surface area contributed by atoms with E-state index in [1.165, 1.54) is 12.5 Å². The van der Waals surface area contributed by atoms with Gasteiger partial charge in [-0.1, -0.05) is 30.3 Å². The van der Waals surface area contributed by atoms with Crippen LogP contribution in [0.4, 0.5) is 5.82 Å². The second kappa shape index (κ2) is 10.1. The van der Waals surface area contributed by atoms with E-state index in [2.05, 4.69) is 17.4 Å². The second-order valence-electron chi connectivity index (χ2n) is 8.84. The molecule has 0 spiro atoms. The Morgan fingerprint density at radius 3 is 2.70 bits per heavy atom. The third-order valence-electron chi connectivity index (χ3n) is 6.44. The monoisotopic (exact) mass is 449 g/mol. The predicted octanol–water partition coefficient (Wildman–Crippen LogP) is 2.15. The van der Waals surface area contributed by atoms with Crippen LogP contribution in [-0.4, -0.2) is 58.8 Å². The van der Waals surface area contributed by atoms with Crippen molar-refractivity contribution in [2.75, 3.05) is 31.1 Å². The van der Waals surface area contributed by atoms with Crippen LogP contribution in [0.3, 0.4) is 0 Å². The van der Waals surface area contributed by atoms with Crippen molar-refractivity contribution >= 4 is 23.5 Å².